The van der Waals surface area contributed by atoms with Crippen molar-refractivity contribution >= 4 is 23.6 Å². The van der Waals surface area contributed by atoms with E-state index in [0.29, 0.717) is 18.1 Å². The molecule has 0 unspecified atom stereocenters. The topological polar surface area (TPSA) is 81.4 Å². The van der Waals surface area contributed by atoms with E-state index in [1.165, 1.54) is 19.1 Å². The average Bonchev–Trinajstić information content (AvgIpc) is 3.11. The van der Waals surface area contributed by atoms with Gasteiger partial charge in [0.15, 0.2) is 0 Å². The summed E-state index contributed by atoms with van der Waals surface area (Å²) in [7, 11) is 0. The summed E-state index contributed by atoms with van der Waals surface area (Å²) in [5, 5.41) is 5.88. The molecule has 0 spiro atoms. The largest absolute Gasteiger partial charge is 0.490 e. The smallest absolute Gasteiger partial charge is 0.453 e. The molecule has 0 atom stereocenters. The van der Waals surface area contributed by atoms with Crippen LogP contribution in [0.15, 0.2) is 49.1 Å². The summed E-state index contributed by atoms with van der Waals surface area (Å²) in [6, 6.07) is 8.45. The standard InChI is InChI=1S/C19H16F3N5O2/c1-3-10-29-14-7-4-13(5-8-14)6-9-16(28)23-15-11-12(2)27-18(24-15)25-17(26-27)19(20,21)22/h3-9,11H,1,10H2,2H3,(H,23,24,25,26,28). The van der Waals surface area contributed by atoms with Gasteiger partial charge < -0.3 is 10.1 Å². The second-order valence-corrected chi connectivity index (χ2v) is 5.92. The maximum Gasteiger partial charge on any atom is 0.453 e. The van der Waals surface area contributed by atoms with Crippen molar-refractivity contribution in [2.24, 2.45) is 0 Å². The van der Waals surface area contributed by atoms with E-state index in [0.717, 1.165) is 10.1 Å². The molecule has 2 heterocycles. The van der Waals surface area contributed by atoms with E-state index in [1.54, 1.807) is 36.4 Å². The van der Waals surface area contributed by atoms with Gasteiger partial charge in [-0.05, 0) is 30.7 Å². The molecule has 0 saturated heterocycles. The molecule has 3 rings (SSSR count). The number of carbonyl (C=O) groups excluding carboxylic acids is 1. The van der Waals surface area contributed by atoms with E-state index < -0.39 is 17.9 Å². The second kappa shape index (κ2) is 8.13. The zero-order chi connectivity index (χ0) is 21.0. The molecule has 10 heteroatoms. The third-order valence-electron chi connectivity index (χ3n) is 3.67. The second-order valence-electron chi connectivity index (χ2n) is 5.92. The molecule has 2 aromatic heterocycles. The first-order valence-electron chi connectivity index (χ1n) is 8.41. The lowest BCUT2D eigenvalue weighted by molar-refractivity contribution is -0.144. The zero-order valence-corrected chi connectivity index (χ0v) is 15.3. The molecule has 150 valence electrons. The van der Waals surface area contributed by atoms with E-state index in [9.17, 15) is 18.0 Å². The number of fused-ring (bicyclic) bond motifs is 1. The molecular formula is C19H16F3N5O2. The highest BCUT2D eigenvalue weighted by Crippen LogP contribution is 2.26. The summed E-state index contributed by atoms with van der Waals surface area (Å²) >= 11 is 0. The number of halogens is 3. The van der Waals surface area contributed by atoms with Crippen molar-refractivity contribution in [3.63, 3.8) is 0 Å². The first-order valence-corrected chi connectivity index (χ1v) is 8.41. The summed E-state index contributed by atoms with van der Waals surface area (Å²) in [6.45, 7) is 5.49. The Kier molecular flexibility index (Phi) is 5.62. The predicted molar refractivity (Wildman–Crippen MR) is 100 cm³/mol. The number of rotatable bonds is 6. The summed E-state index contributed by atoms with van der Waals surface area (Å²) < 4.78 is 44.6. The molecule has 1 amide bonds. The Morgan fingerprint density at radius 2 is 2.00 bits per heavy atom. The van der Waals surface area contributed by atoms with Gasteiger partial charge in [-0.15, -0.1) is 5.10 Å². The van der Waals surface area contributed by atoms with Gasteiger partial charge in [0, 0.05) is 17.8 Å². The lowest BCUT2D eigenvalue weighted by Gasteiger charge is -2.04. The van der Waals surface area contributed by atoms with Gasteiger partial charge in [-0.1, -0.05) is 24.8 Å². The Morgan fingerprint density at radius 3 is 2.66 bits per heavy atom. The molecular weight excluding hydrogens is 387 g/mol. The minimum atomic E-state index is -4.68. The van der Waals surface area contributed by atoms with Crippen molar-refractivity contribution in [3.8, 4) is 5.75 Å². The van der Waals surface area contributed by atoms with Gasteiger partial charge in [-0.2, -0.15) is 23.1 Å². The highest BCUT2D eigenvalue weighted by atomic mass is 19.4. The Labute approximate surface area is 163 Å². The lowest BCUT2D eigenvalue weighted by Crippen LogP contribution is -2.11. The van der Waals surface area contributed by atoms with E-state index in [4.69, 9.17) is 4.74 Å². The number of carbonyl (C=O) groups is 1. The molecule has 0 fully saturated rings. The van der Waals surface area contributed by atoms with E-state index in [1.807, 2.05) is 0 Å². The molecule has 29 heavy (non-hydrogen) atoms. The molecule has 0 bridgehead atoms. The van der Waals surface area contributed by atoms with Crippen molar-refractivity contribution in [1.29, 1.82) is 0 Å². The van der Waals surface area contributed by atoms with E-state index in [2.05, 4.69) is 27.0 Å². The van der Waals surface area contributed by atoms with Crippen LogP contribution in [0.3, 0.4) is 0 Å². The number of nitrogens with one attached hydrogen (secondary N) is 1. The summed E-state index contributed by atoms with van der Waals surface area (Å²) in [6.07, 6.45) is -0.185. The summed E-state index contributed by atoms with van der Waals surface area (Å²) in [4.78, 5) is 19.4. The van der Waals surface area contributed by atoms with Crippen molar-refractivity contribution < 1.29 is 22.7 Å². The van der Waals surface area contributed by atoms with Crippen LogP contribution >= 0.6 is 0 Å². The molecule has 0 radical (unpaired) electrons. The Bertz CT molecular complexity index is 1070. The van der Waals surface area contributed by atoms with Crippen LogP contribution in [0.25, 0.3) is 11.9 Å². The summed E-state index contributed by atoms with van der Waals surface area (Å²) in [5.41, 5.74) is 1.10. The molecule has 0 aliphatic heterocycles. The van der Waals surface area contributed by atoms with Gasteiger partial charge >= 0.3 is 6.18 Å². The third-order valence-corrected chi connectivity index (χ3v) is 3.67. The third kappa shape index (κ3) is 4.98. The molecule has 3 aromatic rings. The first kappa shape index (κ1) is 20.1. The van der Waals surface area contributed by atoms with E-state index >= 15 is 0 Å². The summed E-state index contributed by atoms with van der Waals surface area (Å²) in [5.74, 6) is -1.31. The van der Waals surface area contributed by atoms with Crippen LogP contribution in [0.5, 0.6) is 5.75 Å². The highest BCUT2D eigenvalue weighted by Gasteiger charge is 2.36. The predicted octanol–water partition coefficient (Wildman–Crippen LogP) is 3.67. The number of aromatic nitrogens is 4. The number of anilines is 1. The Hall–Kier alpha value is -3.69. The first-order chi connectivity index (χ1) is 13.8. The quantitative estimate of drug-likeness (QED) is 0.502. The van der Waals surface area contributed by atoms with Gasteiger partial charge in [-0.3, -0.25) is 4.79 Å². The van der Waals surface area contributed by atoms with Crippen LogP contribution in [0, 0.1) is 6.92 Å². The molecule has 1 N–H and O–H groups in total. The van der Waals surface area contributed by atoms with Crippen LogP contribution in [-0.4, -0.2) is 32.1 Å². The van der Waals surface area contributed by atoms with Crippen LogP contribution in [0.1, 0.15) is 17.1 Å². The van der Waals surface area contributed by atoms with Crippen LogP contribution in [0.2, 0.25) is 0 Å². The number of aryl methyl sites for hydroxylation is 1. The molecule has 7 nitrogen and oxygen atoms in total. The van der Waals surface area contributed by atoms with Crippen LogP contribution in [0.4, 0.5) is 19.0 Å². The van der Waals surface area contributed by atoms with Crippen LogP contribution in [-0.2, 0) is 11.0 Å². The fourth-order valence-corrected chi connectivity index (χ4v) is 2.37. The zero-order valence-electron chi connectivity index (χ0n) is 15.3. The monoisotopic (exact) mass is 403 g/mol. The molecule has 0 aliphatic carbocycles. The Balaban J connectivity index is 1.70. The fourth-order valence-electron chi connectivity index (χ4n) is 2.37. The lowest BCUT2D eigenvalue weighted by atomic mass is 10.2. The highest BCUT2D eigenvalue weighted by molar-refractivity contribution is 6.01. The minimum absolute atomic E-state index is 0.0685. The maximum atomic E-state index is 12.8. The minimum Gasteiger partial charge on any atom is -0.490 e. The van der Waals surface area contributed by atoms with Crippen molar-refractivity contribution in [1.82, 2.24) is 19.6 Å². The van der Waals surface area contributed by atoms with E-state index in [-0.39, 0.29) is 11.6 Å². The Morgan fingerprint density at radius 1 is 1.28 bits per heavy atom. The number of nitrogens with zero attached hydrogens (tertiary/aromatic N) is 4. The number of ether oxygens (including phenoxy) is 1. The van der Waals surface area contributed by atoms with Crippen molar-refractivity contribution in [2.45, 2.75) is 13.1 Å². The van der Waals surface area contributed by atoms with Crippen molar-refractivity contribution in [3.05, 3.63) is 66.1 Å². The fraction of sp³-hybridized carbons (Fsp3) is 0.158. The van der Waals surface area contributed by atoms with Gasteiger partial charge in [0.2, 0.25) is 5.91 Å². The normalized spacial score (nSPS) is 11.7. The number of alkyl halides is 3. The number of hydrogen-bond acceptors (Lipinski definition) is 5. The van der Waals surface area contributed by atoms with Gasteiger partial charge in [-0.25, -0.2) is 4.52 Å². The SMILES string of the molecule is C=CCOc1ccc(C=CC(=O)Nc2cc(C)n3nc(C(F)(F)F)nc3n2)cc1. The number of benzene rings is 1. The van der Waals surface area contributed by atoms with Crippen LogP contribution < -0.4 is 10.1 Å². The molecule has 1 aromatic carbocycles. The number of hydrogen-bond donors (Lipinski definition) is 1. The van der Waals surface area contributed by atoms with Gasteiger partial charge in [0.1, 0.15) is 18.2 Å². The average molecular weight is 403 g/mol. The number of amides is 1. The molecule has 0 saturated carbocycles. The molecule has 0 aliphatic rings. The van der Waals surface area contributed by atoms with Gasteiger partial charge in [0.05, 0.1) is 0 Å². The van der Waals surface area contributed by atoms with Gasteiger partial charge in [0.25, 0.3) is 11.6 Å². The maximum absolute atomic E-state index is 12.8. The van der Waals surface area contributed by atoms with Crippen molar-refractivity contribution in [2.75, 3.05) is 11.9 Å².